The zero-order valence-corrected chi connectivity index (χ0v) is 11.4. The number of halogens is 1. The Morgan fingerprint density at radius 1 is 1.21 bits per heavy atom. The van der Waals surface area contributed by atoms with E-state index in [0.29, 0.717) is 11.0 Å². The van der Waals surface area contributed by atoms with Crippen LogP contribution in [-0.2, 0) is 6.54 Å². The van der Waals surface area contributed by atoms with Crippen LogP contribution in [0.15, 0.2) is 46.9 Å². The first-order valence-electron chi connectivity index (χ1n) is 5.52. The van der Waals surface area contributed by atoms with E-state index in [4.69, 9.17) is 5.11 Å². The number of nitrogens with zero attached hydrogens (tertiary/aromatic N) is 1. The number of aromatic hydroxyl groups is 1. The minimum Gasteiger partial charge on any atom is -0.508 e. The first-order valence-corrected chi connectivity index (χ1v) is 6.31. The Labute approximate surface area is 118 Å². The maximum Gasteiger partial charge on any atom is 0.283 e. The standard InChI is InChI=1S/C13H11BrN2O3/c14-12-6-1-9(7-13(12)16(18)19)8-15-10-2-4-11(17)5-3-10/h1-7,15,17H,8H2. The molecule has 0 amide bonds. The second-order valence-corrected chi connectivity index (χ2v) is 4.80. The number of rotatable bonds is 4. The van der Waals surface area contributed by atoms with Gasteiger partial charge in [0.25, 0.3) is 5.69 Å². The van der Waals surface area contributed by atoms with E-state index < -0.39 is 4.92 Å². The van der Waals surface area contributed by atoms with E-state index in [-0.39, 0.29) is 11.4 Å². The number of hydrogen-bond acceptors (Lipinski definition) is 4. The molecule has 6 heteroatoms. The van der Waals surface area contributed by atoms with Crippen molar-refractivity contribution in [3.8, 4) is 5.75 Å². The first-order chi connectivity index (χ1) is 9.06. The quantitative estimate of drug-likeness (QED) is 0.511. The van der Waals surface area contributed by atoms with Crippen LogP contribution in [0.4, 0.5) is 11.4 Å². The van der Waals surface area contributed by atoms with Crippen molar-refractivity contribution in [1.82, 2.24) is 0 Å². The molecule has 0 atom stereocenters. The summed E-state index contributed by atoms with van der Waals surface area (Å²) < 4.78 is 0.464. The molecule has 19 heavy (non-hydrogen) atoms. The van der Waals surface area contributed by atoms with Crippen molar-refractivity contribution in [2.45, 2.75) is 6.54 Å². The summed E-state index contributed by atoms with van der Waals surface area (Å²) in [6.45, 7) is 0.471. The Morgan fingerprint density at radius 2 is 1.89 bits per heavy atom. The second-order valence-electron chi connectivity index (χ2n) is 3.94. The maximum absolute atomic E-state index is 10.8. The van der Waals surface area contributed by atoms with Crippen LogP contribution in [-0.4, -0.2) is 10.0 Å². The molecule has 0 aliphatic heterocycles. The van der Waals surface area contributed by atoms with Crippen molar-refractivity contribution in [1.29, 1.82) is 0 Å². The minimum absolute atomic E-state index is 0.0463. The molecule has 0 aromatic heterocycles. The predicted molar refractivity (Wildman–Crippen MR) is 76.2 cm³/mol. The van der Waals surface area contributed by atoms with Crippen LogP contribution in [0.1, 0.15) is 5.56 Å². The van der Waals surface area contributed by atoms with Gasteiger partial charge in [-0.25, -0.2) is 0 Å². The fraction of sp³-hybridized carbons (Fsp3) is 0.0769. The molecule has 0 radical (unpaired) electrons. The van der Waals surface area contributed by atoms with Gasteiger partial charge >= 0.3 is 0 Å². The molecule has 0 spiro atoms. The first kappa shape index (κ1) is 13.4. The van der Waals surface area contributed by atoms with Crippen LogP contribution in [0, 0.1) is 10.1 Å². The number of nitro benzene ring substituents is 1. The van der Waals surface area contributed by atoms with Crippen LogP contribution in [0.3, 0.4) is 0 Å². The Bertz CT molecular complexity index is 599. The van der Waals surface area contributed by atoms with Crippen LogP contribution in [0.2, 0.25) is 0 Å². The van der Waals surface area contributed by atoms with Gasteiger partial charge in [-0.1, -0.05) is 6.07 Å². The fourth-order valence-electron chi connectivity index (χ4n) is 1.59. The summed E-state index contributed by atoms with van der Waals surface area (Å²) in [6, 6.07) is 11.6. The van der Waals surface area contributed by atoms with Crippen molar-refractivity contribution in [2.75, 3.05) is 5.32 Å². The van der Waals surface area contributed by atoms with Crippen molar-refractivity contribution in [3.63, 3.8) is 0 Å². The van der Waals surface area contributed by atoms with E-state index in [1.165, 1.54) is 6.07 Å². The molecule has 0 saturated heterocycles. The molecule has 2 rings (SSSR count). The average molecular weight is 323 g/mol. The highest BCUT2D eigenvalue weighted by atomic mass is 79.9. The van der Waals surface area contributed by atoms with Crippen LogP contribution < -0.4 is 5.32 Å². The Kier molecular flexibility index (Phi) is 4.01. The molecule has 0 unspecified atom stereocenters. The van der Waals surface area contributed by atoms with Crippen molar-refractivity contribution >= 4 is 27.3 Å². The predicted octanol–water partition coefficient (Wildman–Crippen LogP) is 3.68. The number of benzene rings is 2. The van der Waals surface area contributed by atoms with E-state index in [9.17, 15) is 10.1 Å². The Hall–Kier alpha value is -2.08. The molecule has 2 aromatic carbocycles. The molecule has 0 aliphatic rings. The van der Waals surface area contributed by atoms with Gasteiger partial charge in [0.05, 0.1) is 9.40 Å². The van der Waals surface area contributed by atoms with Crippen molar-refractivity contribution < 1.29 is 10.0 Å². The Morgan fingerprint density at radius 3 is 2.53 bits per heavy atom. The fourth-order valence-corrected chi connectivity index (χ4v) is 1.98. The van der Waals surface area contributed by atoms with Gasteiger partial charge < -0.3 is 10.4 Å². The highest BCUT2D eigenvalue weighted by Crippen LogP contribution is 2.26. The number of phenolic OH excluding ortho intramolecular Hbond substituents is 1. The maximum atomic E-state index is 10.8. The second kappa shape index (κ2) is 5.71. The number of anilines is 1. The molecule has 0 saturated carbocycles. The van der Waals surface area contributed by atoms with Gasteiger partial charge in [-0.05, 0) is 51.8 Å². The van der Waals surface area contributed by atoms with E-state index in [1.54, 1.807) is 30.3 Å². The SMILES string of the molecule is O=[N+]([O-])c1cc(CNc2ccc(O)cc2)ccc1Br. The van der Waals surface area contributed by atoms with Crippen molar-refractivity contribution in [2.24, 2.45) is 0 Å². The number of nitro groups is 1. The summed E-state index contributed by atoms with van der Waals surface area (Å²) in [6.07, 6.45) is 0. The van der Waals surface area contributed by atoms with Gasteiger partial charge in [0.1, 0.15) is 5.75 Å². The lowest BCUT2D eigenvalue weighted by atomic mass is 10.2. The lowest BCUT2D eigenvalue weighted by Crippen LogP contribution is -2.00. The van der Waals surface area contributed by atoms with Gasteiger partial charge in [-0.3, -0.25) is 10.1 Å². The van der Waals surface area contributed by atoms with Gasteiger partial charge in [0.2, 0.25) is 0 Å². The van der Waals surface area contributed by atoms with Crippen molar-refractivity contribution in [3.05, 3.63) is 62.6 Å². The lowest BCUT2D eigenvalue weighted by molar-refractivity contribution is -0.385. The van der Waals surface area contributed by atoms with Gasteiger partial charge in [0.15, 0.2) is 0 Å². The average Bonchev–Trinajstić information content (AvgIpc) is 2.39. The number of phenols is 1. The van der Waals surface area contributed by atoms with E-state index in [1.807, 2.05) is 6.07 Å². The molecule has 98 valence electrons. The van der Waals surface area contributed by atoms with Gasteiger partial charge in [-0.15, -0.1) is 0 Å². The molecule has 0 aliphatic carbocycles. The molecule has 0 bridgehead atoms. The Balaban J connectivity index is 2.09. The zero-order chi connectivity index (χ0) is 13.8. The molecule has 0 fully saturated rings. The topological polar surface area (TPSA) is 75.4 Å². The molecule has 2 aromatic rings. The smallest absolute Gasteiger partial charge is 0.283 e. The number of nitrogens with one attached hydrogen (secondary N) is 1. The lowest BCUT2D eigenvalue weighted by Gasteiger charge is -2.07. The minimum atomic E-state index is -0.422. The largest absolute Gasteiger partial charge is 0.508 e. The molecule has 2 N–H and O–H groups in total. The van der Waals surface area contributed by atoms with E-state index >= 15 is 0 Å². The summed E-state index contributed by atoms with van der Waals surface area (Å²) in [7, 11) is 0. The third-order valence-corrected chi connectivity index (χ3v) is 3.24. The van der Waals surface area contributed by atoms with Crippen LogP contribution in [0.5, 0.6) is 5.75 Å². The summed E-state index contributed by atoms with van der Waals surface area (Å²) in [4.78, 5) is 10.4. The van der Waals surface area contributed by atoms with E-state index in [2.05, 4.69) is 21.2 Å². The molecule has 5 nitrogen and oxygen atoms in total. The summed E-state index contributed by atoms with van der Waals surface area (Å²) >= 11 is 3.15. The molecule has 0 heterocycles. The zero-order valence-electron chi connectivity index (χ0n) is 9.84. The molecular formula is C13H11BrN2O3. The summed E-state index contributed by atoms with van der Waals surface area (Å²) in [5, 5.41) is 23.1. The van der Waals surface area contributed by atoms with Crippen LogP contribution in [0.25, 0.3) is 0 Å². The van der Waals surface area contributed by atoms with Gasteiger partial charge in [0, 0.05) is 18.3 Å². The molecular weight excluding hydrogens is 312 g/mol. The third-order valence-electron chi connectivity index (χ3n) is 2.57. The summed E-state index contributed by atoms with van der Waals surface area (Å²) in [5.74, 6) is 0.199. The highest BCUT2D eigenvalue weighted by Gasteiger charge is 2.11. The third kappa shape index (κ3) is 3.45. The highest BCUT2D eigenvalue weighted by molar-refractivity contribution is 9.10. The number of hydrogen-bond donors (Lipinski definition) is 2. The summed E-state index contributed by atoms with van der Waals surface area (Å²) in [5.41, 5.74) is 1.69. The van der Waals surface area contributed by atoms with E-state index in [0.717, 1.165) is 11.3 Å². The van der Waals surface area contributed by atoms with Crippen LogP contribution >= 0.6 is 15.9 Å². The monoisotopic (exact) mass is 322 g/mol. The van der Waals surface area contributed by atoms with Gasteiger partial charge in [-0.2, -0.15) is 0 Å². The normalized spacial score (nSPS) is 10.2.